The predicted octanol–water partition coefficient (Wildman–Crippen LogP) is 0.166. The third-order valence-electron chi connectivity index (χ3n) is 3.56. The number of carbonyl (C=O) groups is 1. The summed E-state index contributed by atoms with van der Waals surface area (Å²) < 4.78 is 5.33. The number of aryl methyl sites for hydroxylation is 1. The summed E-state index contributed by atoms with van der Waals surface area (Å²) in [5, 5.41) is 9.09. The van der Waals surface area contributed by atoms with Crippen LogP contribution < -0.4 is 5.73 Å². The topological polar surface area (TPSA) is 75.8 Å². The minimum absolute atomic E-state index is 0.0531. The molecule has 1 aromatic rings. The standard InChI is InChI=1S/C15H22N2O3/c16-14(7-6-12-4-2-1-3-5-12)15(19)17-8-9-20-13(10-17)11-18/h1-5,13-14,18H,6-11,16H2. The fraction of sp³-hybridized carbons (Fsp3) is 0.533. The van der Waals surface area contributed by atoms with Gasteiger partial charge in [0.25, 0.3) is 0 Å². The lowest BCUT2D eigenvalue weighted by Crippen LogP contribution is -2.52. The molecule has 0 bridgehead atoms. The summed E-state index contributed by atoms with van der Waals surface area (Å²) in [6, 6.07) is 9.51. The van der Waals surface area contributed by atoms with Crippen LogP contribution in [-0.4, -0.2) is 54.4 Å². The second-order valence-electron chi connectivity index (χ2n) is 5.09. The van der Waals surface area contributed by atoms with E-state index >= 15 is 0 Å². The SMILES string of the molecule is NC(CCc1ccccc1)C(=O)N1CCOC(CO)C1. The first kappa shape index (κ1) is 15.0. The molecule has 3 N–H and O–H groups in total. The van der Waals surface area contributed by atoms with E-state index in [2.05, 4.69) is 0 Å². The third-order valence-corrected chi connectivity index (χ3v) is 3.56. The molecule has 2 unspecified atom stereocenters. The predicted molar refractivity (Wildman–Crippen MR) is 76.1 cm³/mol. The van der Waals surface area contributed by atoms with Crippen molar-refractivity contribution < 1.29 is 14.6 Å². The van der Waals surface area contributed by atoms with E-state index in [0.717, 1.165) is 6.42 Å². The quantitative estimate of drug-likeness (QED) is 0.805. The van der Waals surface area contributed by atoms with Crippen LogP contribution in [0.5, 0.6) is 0 Å². The number of aliphatic hydroxyl groups is 1. The maximum Gasteiger partial charge on any atom is 0.239 e. The molecule has 0 spiro atoms. The highest BCUT2D eigenvalue weighted by molar-refractivity contribution is 5.81. The van der Waals surface area contributed by atoms with Crippen LogP contribution in [0.1, 0.15) is 12.0 Å². The molecule has 1 aliphatic heterocycles. The average molecular weight is 278 g/mol. The summed E-state index contributed by atoms with van der Waals surface area (Å²) in [6.45, 7) is 1.37. The normalized spacial score (nSPS) is 20.7. The Labute approximate surface area is 119 Å². The minimum atomic E-state index is -0.493. The van der Waals surface area contributed by atoms with Crippen LogP contribution in [0, 0.1) is 0 Å². The van der Waals surface area contributed by atoms with Gasteiger partial charge in [0.05, 0.1) is 25.4 Å². The molecule has 2 atom stereocenters. The molecule has 5 nitrogen and oxygen atoms in total. The largest absolute Gasteiger partial charge is 0.394 e. The zero-order chi connectivity index (χ0) is 14.4. The molecule has 2 rings (SSSR count). The lowest BCUT2D eigenvalue weighted by Gasteiger charge is -2.33. The van der Waals surface area contributed by atoms with Gasteiger partial charge in [-0.15, -0.1) is 0 Å². The first-order valence-corrected chi connectivity index (χ1v) is 7.01. The summed E-state index contributed by atoms with van der Waals surface area (Å²) in [5.41, 5.74) is 7.17. The number of carbonyl (C=O) groups excluding carboxylic acids is 1. The molecule has 0 aromatic heterocycles. The van der Waals surface area contributed by atoms with Crippen molar-refractivity contribution in [3.63, 3.8) is 0 Å². The van der Waals surface area contributed by atoms with Gasteiger partial charge < -0.3 is 20.5 Å². The summed E-state index contributed by atoms with van der Waals surface area (Å²) >= 11 is 0. The fourth-order valence-electron chi connectivity index (χ4n) is 2.35. The van der Waals surface area contributed by atoms with Crippen molar-refractivity contribution in [1.82, 2.24) is 4.90 Å². The Balaban J connectivity index is 1.82. The van der Waals surface area contributed by atoms with Crippen LogP contribution in [0.4, 0.5) is 0 Å². The summed E-state index contributed by atoms with van der Waals surface area (Å²) in [5.74, 6) is -0.0531. The van der Waals surface area contributed by atoms with Gasteiger partial charge in [-0.2, -0.15) is 0 Å². The van der Waals surface area contributed by atoms with Gasteiger partial charge in [0.1, 0.15) is 0 Å². The van der Waals surface area contributed by atoms with Gasteiger partial charge in [0.15, 0.2) is 0 Å². The number of ether oxygens (including phenoxy) is 1. The molecule has 0 aliphatic carbocycles. The molecule has 1 aliphatic rings. The molecule has 20 heavy (non-hydrogen) atoms. The third kappa shape index (κ3) is 4.03. The Hall–Kier alpha value is -1.43. The first-order chi connectivity index (χ1) is 9.70. The van der Waals surface area contributed by atoms with Gasteiger partial charge in [-0.3, -0.25) is 4.79 Å². The van der Waals surface area contributed by atoms with Crippen molar-refractivity contribution in [3.8, 4) is 0 Å². The number of aliphatic hydroxyl groups excluding tert-OH is 1. The molecular weight excluding hydrogens is 256 g/mol. The number of hydrogen-bond donors (Lipinski definition) is 2. The van der Waals surface area contributed by atoms with E-state index in [1.807, 2.05) is 30.3 Å². The number of nitrogens with two attached hydrogens (primary N) is 1. The monoisotopic (exact) mass is 278 g/mol. The van der Waals surface area contributed by atoms with E-state index < -0.39 is 6.04 Å². The van der Waals surface area contributed by atoms with E-state index in [4.69, 9.17) is 15.6 Å². The molecule has 5 heteroatoms. The van der Waals surface area contributed by atoms with Gasteiger partial charge >= 0.3 is 0 Å². The molecule has 1 aromatic carbocycles. The van der Waals surface area contributed by atoms with Crippen molar-refractivity contribution in [1.29, 1.82) is 0 Å². The summed E-state index contributed by atoms with van der Waals surface area (Å²) in [6.07, 6.45) is 1.14. The van der Waals surface area contributed by atoms with Gasteiger partial charge in [-0.05, 0) is 18.4 Å². The van der Waals surface area contributed by atoms with Crippen molar-refractivity contribution >= 4 is 5.91 Å². The Bertz CT molecular complexity index is 424. The van der Waals surface area contributed by atoms with Crippen LogP contribution in [0.15, 0.2) is 30.3 Å². The molecular formula is C15H22N2O3. The maximum absolute atomic E-state index is 12.2. The lowest BCUT2D eigenvalue weighted by molar-refractivity contribution is -0.141. The lowest BCUT2D eigenvalue weighted by atomic mass is 10.0. The molecule has 1 heterocycles. The van der Waals surface area contributed by atoms with Gasteiger partial charge in [-0.1, -0.05) is 30.3 Å². The molecule has 1 amide bonds. The summed E-state index contributed by atoms with van der Waals surface area (Å²) in [7, 11) is 0. The van der Waals surface area contributed by atoms with Crippen molar-refractivity contribution in [2.24, 2.45) is 5.73 Å². The number of rotatable bonds is 5. The Morgan fingerprint density at radius 1 is 1.45 bits per heavy atom. The van der Waals surface area contributed by atoms with Gasteiger partial charge in [-0.25, -0.2) is 0 Å². The van der Waals surface area contributed by atoms with Crippen LogP contribution in [0.2, 0.25) is 0 Å². The van der Waals surface area contributed by atoms with E-state index in [9.17, 15) is 4.79 Å². The zero-order valence-electron chi connectivity index (χ0n) is 11.6. The van der Waals surface area contributed by atoms with E-state index in [-0.39, 0.29) is 18.6 Å². The van der Waals surface area contributed by atoms with E-state index in [1.54, 1.807) is 4.90 Å². The van der Waals surface area contributed by atoms with Gasteiger partial charge in [0, 0.05) is 13.1 Å². The van der Waals surface area contributed by atoms with E-state index in [0.29, 0.717) is 26.1 Å². The number of hydrogen-bond acceptors (Lipinski definition) is 4. The van der Waals surface area contributed by atoms with Crippen LogP contribution in [-0.2, 0) is 16.0 Å². The van der Waals surface area contributed by atoms with E-state index in [1.165, 1.54) is 5.56 Å². The molecule has 1 saturated heterocycles. The highest BCUT2D eigenvalue weighted by Crippen LogP contribution is 2.09. The molecule has 110 valence electrons. The van der Waals surface area contributed by atoms with Gasteiger partial charge in [0.2, 0.25) is 5.91 Å². The number of amides is 1. The highest BCUT2D eigenvalue weighted by atomic mass is 16.5. The molecule has 1 fully saturated rings. The van der Waals surface area contributed by atoms with Crippen molar-refractivity contribution in [3.05, 3.63) is 35.9 Å². The Morgan fingerprint density at radius 2 is 2.20 bits per heavy atom. The first-order valence-electron chi connectivity index (χ1n) is 7.01. The maximum atomic E-state index is 12.2. The number of morpholine rings is 1. The smallest absolute Gasteiger partial charge is 0.239 e. The van der Waals surface area contributed by atoms with Crippen LogP contribution in [0.25, 0.3) is 0 Å². The summed E-state index contributed by atoms with van der Waals surface area (Å²) in [4.78, 5) is 13.9. The minimum Gasteiger partial charge on any atom is -0.394 e. The average Bonchev–Trinajstić information content (AvgIpc) is 2.53. The van der Waals surface area contributed by atoms with Crippen molar-refractivity contribution in [2.75, 3.05) is 26.3 Å². The number of nitrogens with zero attached hydrogens (tertiary/aromatic N) is 1. The van der Waals surface area contributed by atoms with Crippen molar-refractivity contribution in [2.45, 2.75) is 25.0 Å². The molecule has 0 radical (unpaired) electrons. The zero-order valence-corrected chi connectivity index (χ0v) is 11.6. The molecule has 0 saturated carbocycles. The second kappa shape index (κ2) is 7.38. The Morgan fingerprint density at radius 3 is 2.90 bits per heavy atom. The van der Waals surface area contributed by atoms with Crippen LogP contribution in [0.3, 0.4) is 0 Å². The number of benzene rings is 1. The second-order valence-corrected chi connectivity index (χ2v) is 5.09. The van der Waals surface area contributed by atoms with Crippen LogP contribution >= 0.6 is 0 Å². The fourth-order valence-corrected chi connectivity index (χ4v) is 2.35. The highest BCUT2D eigenvalue weighted by Gasteiger charge is 2.26. The Kier molecular flexibility index (Phi) is 5.52.